The van der Waals surface area contributed by atoms with Crippen LogP contribution in [0.3, 0.4) is 0 Å². The first-order chi connectivity index (χ1) is 32.4. The van der Waals surface area contributed by atoms with Crippen molar-refractivity contribution in [2.45, 2.75) is 77.3 Å². The number of aryl methyl sites for hydroxylation is 2. The number of rotatable bonds is 32. The van der Waals surface area contributed by atoms with Gasteiger partial charge in [0.25, 0.3) is 0 Å². The average Bonchev–Trinajstić information content (AvgIpc) is 4.08. The zero-order chi connectivity index (χ0) is 46.2. The van der Waals surface area contributed by atoms with E-state index in [0.29, 0.717) is 87.0 Å². The zero-order valence-electron chi connectivity index (χ0n) is 38.0. The van der Waals surface area contributed by atoms with Gasteiger partial charge in [-0.2, -0.15) is 0 Å². The predicted octanol–water partition coefficient (Wildman–Crippen LogP) is 13.5. The van der Waals surface area contributed by atoms with Crippen molar-refractivity contribution in [3.8, 4) is 45.6 Å². The van der Waals surface area contributed by atoms with Gasteiger partial charge in [-0.3, -0.25) is 0 Å². The summed E-state index contributed by atoms with van der Waals surface area (Å²) in [6.45, 7) is 4.60. The van der Waals surface area contributed by atoms with Gasteiger partial charge in [0.1, 0.15) is 47.7 Å². The molecule has 2 N–H and O–H groups in total. The quantitative estimate of drug-likeness (QED) is 0.0310. The minimum absolute atomic E-state index is 0.330. The van der Waals surface area contributed by atoms with E-state index in [4.69, 9.17) is 60.0 Å². The van der Waals surface area contributed by atoms with Gasteiger partial charge in [-0.05, 0) is 172 Å². The molecule has 6 rings (SSSR count). The number of hydrogen-bond acceptors (Lipinski definition) is 11. The van der Waals surface area contributed by atoms with Crippen molar-refractivity contribution in [1.29, 1.82) is 0 Å². The molecule has 0 aliphatic carbocycles. The van der Waals surface area contributed by atoms with Gasteiger partial charge >= 0.3 is 8.25 Å². The van der Waals surface area contributed by atoms with E-state index in [0.717, 1.165) is 96.6 Å². The molecule has 11 nitrogen and oxygen atoms in total. The Morgan fingerprint density at radius 2 is 0.939 bits per heavy atom. The van der Waals surface area contributed by atoms with Gasteiger partial charge in [-0.15, -0.1) is 9.05 Å². The first-order valence-electron chi connectivity index (χ1n) is 22.8. The van der Waals surface area contributed by atoms with Crippen LogP contribution in [0.1, 0.15) is 73.6 Å². The van der Waals surface area contributed by atoms with Crippen LogP contribution in [0.25, 0.3) is 22.6 Å². The zero-order valence-corrected chi connectivity index (χ0v) is 40.4. The smallest absolute Gasteiger partial charge is 0.495 e. The van der Waals surface area contributed by atoms with Crippen LogP contribution in [0.5, 0.6) is 23.0 Å². The fourth-order valence-electron chi connectivity index (χ4n) is 7.36. The van der Waals surface area contributed by atoms with Crippen molar-refractivity contribution >= 4 is 31.5 Å². The second kappa shape index (κ2) is 28.4. The summed E-state index contributed by atoms with van der Waals surface area (Å²) >= 11 is 12.6. The number of benzene rings is 4. The van der Waals surface area contributed by atoms with E-state index in [2.05, 4.69) is 47.0 Å². The second-order valence-electron chi connectivity index (χ2n) is 15.8. The first-order valence-corrected chi connectivity index (χ1v) is 24.6. The van der Waals surface area contributed by atoms with Crippen molar-refractivity contribution in [2.75, 3.05) is 53.7 Å². The van der Waals surface area contributed by atoms with Crippen molar-refractivity contribution in [3.63, 3.8) is 0 Å². The highest BCUT2D eigenvalue weighted by Gasteiger charge is 2.19. The van der Waals surface area contributed by atoms with Gasteiger partial charge in [0.15, 0.2) is 0 Å². The Bertz CT molecular complexity index is 2180. The monoisotopic (exact) mass is 959 g/mol. The Morgan fingerprint density at radius 1 is 0.500 bits per heavy atom. The van der Waals surface area contributed by atoms with Crippen LogP contribution in [0, 0.1) is 0 Å². The third-order valence-electron chi connectivity index (χ3n) is 10.9. The molecule has 4 aromatic carbocycles. The fraction of sp³-hybridized carbons (Fsp3) is 0.385. The molecular formula is C52H62Cl2N2O9P+. The minimum Gasteiger partial charge on any atom is -0.495 e. The summed E-state index contributed by atoms with van der Waals surface area (Å²) in [6.07, 6.45) is 12.7. The Kier molecular flexibility index (Phi) is 21.7. The van der Waals surface area contributed by atoms with Crippen molar-refractivity contribution in [1.82, 2.24) is 10.6 Å². The second-order valence-corrected chi connectivity index (χ2v) is 17.6. The lowest BCUT2D eigenvalue weighted by Gasteiger charge is -2.13. The molecule has 0 fully saturated rings. The van der Waals surface area contributed by atoms with Crippen molar-refractivity contribution in [2.24, 2.45) is 0 Å². The van der Waals surface area contributed by atoms with Crippen LogP contribution < -0.4 is 29.6 Å². The fourth-order valence-corrected chi connectivity index (χ4v) is 8.55. The van der Waals surface area contributed by atoms with E-state index in [9.17, 15) is 4.57 Å². The number of ether oxygens (including phenoxy) is 4. The summed E-state index contributed by atoms with van der Waals surface area (Å²) in [5.74, 6) is 4.51. The molecular weight excluding hydrogens is 898 g/mol. The van der Waals surface area contributed by atoms with E-state index >= 15 is 0 Å². The molecule has 0 atom stereocenters. The summed E-state index contributed by atoms with van der Waals surface area (Å²) in [4.78, 5) is 0. The van der Waals surface area contributed by atoms with Crippen molar-refractivity contribution in [3.05, 3.63) is 142 Å². The lowest BCUT2D eigenvalue weighted by atomic mass is 10.1. The Hall–Kier alpha value is -4.84. The molecule has 66 heavy (non-hydrogen) atoms. The van der Waals surface area contributed by atoms with E-state index < -0.39 is 8.25 Å². The predicted molar refractivity (Wildman–Crippen MR) is 263 cm³/mol. The van der Waals surface area contributed by atoms with Crippen LogP contribution in [0.4, 0.5) is 0 Å². The Labute approximate surface area is 400 Å². The Balaban J connectivity index is 0.806. The molecule has 0 saturated heterocycles. The summed E-state index contributed by atoms with van der Waals surface area (Å²) in [6, 6.07) is 31.9. The van der Waals surface area contributed by atoms with Crippen LogP contribution in [-0.2, 0) is 39.5 Å². The molecule has 0 spiro atoms. The van der Waals surface area contributed by atoms with Gasteiger partial charge in [0.2, 0.25) is 0 Å². The lowest BCUT2D eigenvalue weighted by molar-refractivity contribution is 0.220. The molecule has 0 aliphatic heterocycles. The summed E-state index contributed by atoms with van der Waals surface area (Å²) < 4.78 is 57.7. The number of furan rings is 2. The minimum atomic E-state index is -2.19. The van der Waals surface area contributed by atoms with Crippen LogP contribution in [0.2, 0.25) is 10.0 Å². The topological polar surface area (TPSA) is 123 Å². The molecule has 14 heteroatoms. The van der Waals surface area contributed by atoms with Gasteiger partial charge in [-0.25, -0.2) is 0 Å². The maximum atomic E-state index is 12.4. The first kappa shape index (κ1) is 50.6. The van der Waals surface area contributed by atoms with Crippen molar-refractivity contribution < 1.29 is 41.4 Å². The summed E-state index contributed by atoms with van der Waals surface area (Å²) in [5, 5.41) is 8.18. The van der Waals surface area contributed by atoms with Crippen LogP contribution in [-0.4, -0.2) is 53.7 Å². The standard InChI is InChI=1S/C52H62Cl2N2O9P/c1-58-51-23-17-39(35-45(51)53)13-5-3-7-27-60-49-21-19-41(33-43(49)47-15-9-29-62-47)37-55-25-11-31-64-66(57)65-32-12-26-56-38-42-20-22-50(44(34-42)48-16-10-30-63-48)61-28-8-4-6-14-40-18-24-52(59-2)46(54)36-40/h9-10,15-24,29-30,33-36,55-56H,3-8,11-14,25-28,31-32,37-38H2,1-2H3/q+1. The number of halogens is 2. The summed E-state index contributed by atoms with van der Waals surface area (Å²) in [5.41, 5.74) is 6.45. The highest BCUT2D eigenvalue weighted by atomic mass is 35.5. The maximum absolute atomic E-state index is 12.4. The molecule has 0 unspecified atom stereocenters. The third kappa shape index (κ3) is 16.8. The van der Waals surface area contributed by atoms with Gasteiger partial charge < -0.3 is 38.4 Å². The molecule has 352 valence electrons. The SMILES string of the molecule is COc1ccc(CCCCCOc2ccc(CNCCCO[P+](=O)OCCCNCc3ccc(OCCCCCc4ccc(OC)c(Cl)c4)c(-c4ccco4)c3)cc2-c2ccco2)cc1Cl. The molecule has 6 aromatic rings. The Morgan fingerprint density at radius 3 is 1.35 bits per heavy atom. The third-order valence-corrected chi connectivity index (χ3v) is 12.3. The maximum Gasteiger partial charge on any atom is 0.697 e. The molecule has 0 aliphatic rings. The highest BCUT2D eigenvalue weighted by Crippen LogP contribution is 2.34. The van der Waals surface area contributed by atoms with E-state index in [-0.39, 0.29) is 0 Å². The van der Waals surface area contributed by atoms with Gasteiger partial charge in [-0.1, -0.05) is 47.5 Å². The molecule has 0 bridgehead atoms. The molecule has 0 saturated carbocycles. The van der Waals surface area contributed by atoms with Crippen LogP contribution in [0.15, 0.2) is 118 Å². The number of nitrogens with one attached hydrogen (secondary N) is 2. The molecule has 2 aromatic heterocycles. The molecule has 0 radical (unpaired) electrons. The normalized spacial score (nSPS) is 11.2. The number of unbranched alkanes of at least 4 members (excludes halogenated alkanes) is 4. The highest BCUT2D eigenvalue weighted by molar-refractivity contribution is 7.33. The van der Waals surface area contributed by atoms with E-state index in [1.54, 1.807) is 26.7 Å². The largest absolute Gasteiger partial charge is 0.697 e. The number of methoxy groups -OCH3 is 2. The summed E-state index contributed by atoms with van der Waals surface area (Å²) in [7, 11) is 1.06. The molecule has 0 amide bonds. The average molecular weight is 961 g/mol. The van der Waals surface area contributed by atoms with Gasteiger partial charge in [0.05, 0.1) is 61.1 Å². The van der Waals surface area contributed by atoms with Gasteiger partial charge in [0, 0.05) is 17.7 Å². The van der Waals surface area contributed by atoms with E-state index in [1.807, 2.05) is 60.7 Å². The lowest BCUT2D eigenvalue weighted by Crippen LogP contribution is -2.16. The number of hydrogen-bond donors (Lipinski definition) is 2. The van der Waals surface area contributed by atoms with E-state index in [1.165, 1.54) is 11.1 Å². The van der Waals surface area contributed by atoms with Crippen LogP contribution >= 0.6 is 31.5 Å². The molecule has 2 heterocycles.